The van der Waals surface area contributed by atoms with E-state index in [0.717, 1.165) is 6.42 Å². The van der Waals surface area contributed by atoms with Crippen molar-refractivity contribution >= 4 is 11.6 Å². The van der Waals surface area contributed by atoms with Crippen LogP contribution < -0.4 is 20.3 Å². The normalized spacial score (nSPS) is 26.7. The predicted octanol–water partition coefficient (Wildman–Crippen LogP) is 1.36. The van der Waals surface area contributed by atoms with E-state index in [2.05, 4.69) is 15.4 Å². The lowest BCUT2D eigenvalue weighted by Crippen LogP contribution is -2.57. The maximum absolute atomic E-state index is 12.6. The molecule has 138 valence electrons. The summed E-state index contributed by atoms with van der Waals surface area (Å²) in [4.78, 5) is 14.4. The van der Waals surface area contributed by atoms with Crippen LogP contribution in [-0.4, -0.2) is 56.9 Å². The van der Waals surface area contributed by atoms with E-state index in [9.17, 15) is 13.6 Å². The van der Waals surface area contributed by atoms with Crippen molar-refractivity contribution in [2.24, 2.45) is 0 Å². The van der Waals surface area contributed by atoms with Crippen LogP contribution in [0.25, 0.3) is 0 Å². The maximum atomic E-state index is 12.6. The van der Waals surface area contributed by atoms with Gasteiger partial charge in [-0.1, -0.05) is 12.1 Å². The number of nitrogens with zero attached hydrogens (tertiary/aromatic N) is 1. The molecule has 0 aliphatic carbocycles. The fraction of sp³-hybridized carbons (Fsp3) is 0.588. The number of amides is 1. The Balaban J connectivity index is 1.59. The number of para-hydroxylation sites is 2. The summed E-state index contributed by atoms with van der Waals surface area (Å²) in [5.74, 6) is 0.0663. The summed E-state index contributed by atoms with van der Waals surface area (Å²) in [6, 6.07) is 6.32. The summed E-state index contributed by atoms with van der Waals surface area (Å²) < 4.78 is 35.2. The van der Waals surface area contributed by atoms with Crippen LogP contribution in [0, 0.1) is 0 Å². The smallest absolute Gasteiger partial charge is 0.387 e. The van der Waals surface area contributed by atoms with Gasteiger partial charge in [-0.05, 0) is 25.5 Å². The fourth-order valence-electron chi connectivity index (χ4n) is 3.33. The third-order valence-electron chi connectivity index (χ3n) is 4.56. The molecule has 1 aromatic rings. The van der Waals surface area contributed by atoms with Gasteiger partial charge in [-0.25, -0.2) is 0 Å². The summed E-state index contributed by atoms with van der Waals surface area (Å²) in [5.41, 5.74) is 0.618. The van der Waals surface area contributed by atoms with E-state index >= 15 is 0 Å². The van der Waals surface area contributed by atoms with Gasteiger partial charge in [0.1, 0.15) is 11.8 Å². The molecule has 25 heavy (non-hydrogen) atoms. The average Bonchev–Trinajstić information content (AvgIpc) is 3.03. The van der Waals surface area contributed by atoms with Gasteiger partial charge in [-0.2, -0.15) is 8.78 Å². The molecular weight excluding hydrogens is 332 g/mol. The van der Waals surface area contributed by atoms with Crippen molar-refractivity contribution in [2.45, 2.75) is 38.1 Å². The quantitative estimate of drug-likeness (QED) is 0.835. The second-order valence-corrected chi connectivity index (χ2v) is 6.29. The van der Waals surface area contributed by atoms with Crippen LogP contribution in [0.15, 0.2) is 24.3 Å². The molecule has 3 rings (SSSR count). The minimum absolute atomic E-state index is 0.0389. The van der Waals surface area contributed by atoms with Crippen LogP contribution >= 0.6 is 0 Å². The van der Waals surface area contributed by atoms with E-state index in [-0.39, 0.29) is 29.8 Å². The van der Waals surface area contributed by atoms with Crippen LogP contribution in [0.1, 0.15) is 13.3 Å². The number of hydrogen-bond acceptors (Lipinski definition) is 5. The van der Waals surface area contributed by atoms with E-state index < -0.39 is 6.61 Å². The number of alkyl halides is 2. The number of hydrogen-bond donors (Lipinski definition) is 2. The molecule has 0 saturated carbocycles. The van der Waals surface area contributed by atoms with Crippen molar-refractivity contribution in [3.63, 3.8) is 0 Å². The minimum atomic E-state index is -2.86. The molecule has 0 bridgehead atoms. The van der Waals surface area contributed by atoms with Crippen molar-refractivity contribution in [2.75, 3.05) is 31.1 Å². The Labute approximate surface area is 145 Å². The van der Waals surface area contributed by atoms with Crippen LogP contribution in [0.5, 0.6) is 5.75 Å². The molecule has 2 N–H and O–H groups in total. The monoisotopic (exact) mass is 355 g/mol. The zero-order chi connectivity index (χ0) is 17.8. The van der Waals surface area contributed by atoms with Gasteiger partial charge in [0.05, 0.1) is 18.4 Å². The summed E-state index contributed by atoms with van der Waals surface area (Å²) >= 11 is 0. The average molecular weight is 355 g/mol. The van der Waals surface area contributed by atoms with Gasteiger partial charge < -0.3 is 25.0 Å². The molecule has 0 radical (unpaired) electrons. The molecule has 0 aromatic heterocycles. The number of morpholine rings is 1. The van der Waals surface area contributed by atoms with E-state index in [4.69, 9.17) is 4.74 Å². The summed E-state index contributed by atoms with van der Waals surface area (Å²) in [6.45, 7) is 1.48. The first-order valence-electron chi connectivity index (χ1n) is 8.48. The van der Waals surface area contributed by atoms with E-state index in [0.29, 0.717) is 31.9 Å². The van der Waals surface area contributed by atoms with Gasteiger partial charge >= 0.3 is 6.61 Å². The van der Waals surface area contributed by atoms with Gasteiger partial charge in [-0.3, -0.25) is 4.79 Å². The molecule has 8 heteroatoms. The highest BCUT2D eigenvalue weighted by atomic mass is 19.3. The van der Waals surface area contributed by atoms with Gasteiger partial charge in [0.2, 0.25) is 5.91 Å². The Kier molecular flexibility index (Phi) is 5.70. The molecule has 2 saturated heterocycles. The molecule has 2 fully saturated rings. The first kappa shape index (κ1) is 17.9. The van der Waals surface area contributed by atoms with E-state index in [1.165, 1.54) is 6.07 Å². The van der Waals surface area contributed by atoms with Crippen LogP contribution in [0.3, 0.4) is 0 Å². The molecular formula is C17H23F2N3O3. The summed E-state index contributed by atoms with van der Waals surface area (Å²) in [7, 11) is 0. The number of carbonyl (C=O) groups excluding carboxylic acids is 1. The number of ether oxygens (including phenoxy) is 2. The molecule has 2 aliphatic heterocycles. The first-order chi connectivity index (χ1) is 12.0. The Morgan fingerprint density at radius 3 is 3.00 bits per heavy atom. The standard InChI is InChI=1S/C17H23F2N3O3/c1-11-15(20-7-9-24-11)16(23)21-12-6-8-22(10-12)13-4-2-3-5-14(13)25-17(18)19/h2-5,11-12,15,17,20H,6-10H2,1H3,(H,21,23)/t11-,12?,15+/m1/s1. The Morgan fingerprint density at radius 1 is 1.44 bits per heavy atom. The largest absolute Gasteiger partial charge is 0.433 e. The van der Waals surface area contributed by atoms with Gasteiger partial charge in [0.15, 0.2) is 0 Å². The number of carbonyl (C=O) groups is 1. The van der Waals surface area contributed by atoms with Crippen molar-refractivity contribution in [3.05, 3.63) is 24.3 Å². The van der Waals surface area contributed by atoms with E-state index in [1.807, 2.05) is 11.8 Å². The highest BCUT2D eigenvalue weighted by molar-refractivity contribution is 5.83. The molecule has 2 heterocycles. The highest BCUT2D eigenvalue weighted by Gasteiger charge is 2.32. The third kappa shape index (κ3) is 4.38. The predicted molar refractivity (Wildman–Crippen MR) is 89.0 cm³/mol. The molecule has 1 amide bonds. The molecule has 3 atom stereocenters. The Bertz CT molecular complexity index is 602. The second kappa shape index (κ2) is 7.97. The van der Waals surface area contributed by atoms with Crippen molar-refractivity contribution < 1.29 is 23.0 Å². The molecule has 6 nitrogen and oxygen atoms in total. The SMILES string of the molecule is C[C@H]1OCCN[C@@H]1C(=O)NC1CCN(c2ccccc2OC(F)F)C1. The lowest BCUT2D eigenvalue weighted by Gasteiger charge is -2.30. The van der Waals surface area contributed by atoms with Crippen LogP contribution in [-0.2, 0) is 9.53 Å². The Morgan fingerprint density at radius 2 is 2.24 bits per heavy atom. The molecule has 2 aliphatic rings. The summed E-state index contributed by atoms with van der Waals surface area (Å²) in [6.07, 6.45) is 0.572. The highest BCUT2D eigenvalue weighted by Crippen LogP contribution is 2.31. The lowest BCUT2D eigenvalue weighted by molar-refractivity contribution is -0.129. The molecule has 0 spiro atoms. The molecule has 1 aromatic carbocycles. The van der Waals surface area contributed by atoms with Crippen LogP contribution in [0.4, 0.5) is 14.5 Å². The van der Waals surface area contributed by atoms with Gasteiger partial charge in [0.25, 0.3) is 0 Å². The topological polar surface area (TPSA) is 62.8 Å². The van der Waals surface area contributed by atoms with Gasteiger partial charge in [0, 0.05) is 25.7 Å². The lowest BCUT2D eigenvalue weighted by atomic mass is 10.1. The fourth-order valence-corrected chi connectivity index (χ4v) is 3.33. The maximum Gasteiger partial charge on any atom is 0.387 e. The number of benzene rings is 1. The van der Waals surface area contributed by atoms with Crippen LogP contribution in [0.2, 0.25) is 0 Å². The van der Waals surface area contributed by atoms with Gasteiger partial charge in [-0.15, -0.1) is 0 Å². The first-order valence-corrected chi connectivity index (χ1v) is 8.48. The number of anilines is 1. The summed E-state index contributed by atoms with van der Waals surface area (Å²) in [5, 5.41) is 6.19. The van der Waals surface area contributed by atoms with E-state index in [1.54, 1.807) is 18.2 Å². The minimum Gasteiger partial charge on any atom is -0.433 e. The zero-order valence-corrected chi connectivity index (χ0v) is 14.1. The number of halogens is 2. The second-order valence-electron chi connectivity index (χ2n) is 6.29. The third-order valence-corrected chi connectivity index (χ3v) is 4.56. The number of rotatable bonds is 5. The number of nitrogens with one attached hydrogen (secondary N) is 2. The van der Waals surface area contributed by atoms with Crippen molar-refractivity contribution in [1.29, 1.82) is 0 Å². The molecule has 1 unspecified atom stereocenters. The Hall–Kier alpha value is -1.93. The van der Waals surface area contributed by atoms with Crippen molar-refractivity contribution in [1.82, 2.24) is 10.6 Å². The zero-order valence-electron chi connectivity index (χ0n) is 14.1. The van der Waals surface area contributed by atoms with Crippen molar-refractivity contribution in [3.8, 4) is 5.75 Å².